The van der Waals surface area contributed by atoms with Gasteiger partial charge in [-0.25, -0.2) is 0 Å². The molecule has 0 aliphatic rings. The molecule has 1 unspecified atom stereocenters. The van der Waals surface area contributed by atoms with Crippen LogP contribution in [0, 0.1) is 5.92 Å². The second kappa shape index (κ2) is 6.44. The lowest BCUT2D eigenvalue weighted by atomic mass is 9.92. The standard InChI is InChI=1S/C13H20O2/c1-3-5-6-11(4-2)9-13(14)12-7-8-15-10-12/h7-8,10-11H,3-6,9H2,1-2H3. The Morgan fingerprint density at radius 2 is 2.27 bits per heavy atom. The van der Waals surface area contributed by atoms with Crippen molar-refractivity contribution in [3.8, 4) is 0 Å². The Morgan fingerprint density at radius 3 is 2.80 bits per heavy atom. The van der Waals surface area contributed by atoms with Gasteiger partial charge in [-0.15, -0.1) is 0 Å². The molecule has 15 heavy (non-hydrogen) atoms. The second-order valence-electron chi connectivity index (χ2n) is 4.06. The smallest absolute Gasteiger partial charge is 0.166 e. The third-order valence-corrected chi connectivity index (χ3v) is 2.86. The van der Waals surface area contributed by atoms with Crippen molar-refractivity contribution in [3.05, 3.63) is 24.2 Å². The normalized spacial score (nSPS) is 12.7. The third kappa shape index (κ3) is 3.90. The molecule has 1 heterocycles. The predicted octanol–water partition coefficient (Wildman–Crippen LogP) is 4.07. The first-order chi connectivity index (χ1) is 7.27. The van der Waals surface area contributed by atoms with Gasteiger partial charge in [-0.3, -0.25) is 4.79 Å². The maximum absolute atomic E-state index is 11.8. The van der Waals surface area contributed by atoms with E-state index < -0.39 is 0 Å². The summed E-state index contributed by atoms with van der Waals surface area (Å²) in [5, 5.41) is 0. The largest absolute Gasteiger partial charge is 0.472 e. The van der Waals surface area contributed by atoms with E-state index in [0.717, 1.165) is 12.8 Å². The molecule has 84 valence electrons. The summed E-state index contributed by atoms with van der Waals surface area (Å²) in [4.78, 5) is 11.8. The molecule has 0 saturated carbocycles. The molecule has 0 aliphatic heterocycles. The summed E-state index contributed by atoms with van der Waals surface area (Å²) in [7, 11) is 0. The molecule has 0 radical (unpaired) electrons. The predicted molar refractivity (Wildman–Crippen MR) is 61.0 cm³/mol. The molecule has 1 rings (SSSR count). The van der Waals surface area contributed by atoms with Crippen LogP contribution < -0.4 is 0 Å². The number of hydrogen-bond donors (Lipinski definition) is 0. The maximum atomic E-state index is 11.8. The van der Waals surface area contributed by atoms with Gasteiger partial charge in [-0.2, -0.15) is 0 Å². The quantitative estimate of drug-likeness (QED) is 0.632. The van der Waals surface area contributed by atoms with Crippen LogP contribution in [0.2, 0.25) is 0 Å². The molecule has 0 bridgehead atoms. The van der Waals surface area contributed by atoms with E-state index in [1.165, 1.54) is 19.1 Å². The van der Waals surface area contributed by atoms with Gasteiger partial charge in [0, 0.05) is 6.42 Å². The highest BCUT2D eigenvalue weighted by atomic mass is 16.3. The minimum Gasteiger partial charge on any atom is -0.472 e. The lowest BCUT2D eigenvalue weighted by Gasteiger charge is -2.12. The average molecular weight is 208 g/mol. The molecular weight excluding hydrogens is 188 g/mol. The van der Waals surface area contributed by atoms with Gasteiger partial charge in [0.25, 0.3) is 0 Å². The van der Waals surface area contributed by atoms with E-state index in [1.54, 1.807) is 12.3 Å². The van der Waals surface area contributed by atoms with Gasteiger partial charge in [0.15, 0.2) is 5.78 Å². The molecule has 0 aliphatic carbocycles. The molecule has 0 saturated heterocycles. The van der Waals surface area contributed by atoms with Gasteiger partial charge in [-0.05, 0) is 12.0 Å². The van der Waals surface area contributed by atoms with Crippen LogP contribution in [0.5, 0.6) is 0 Å². The SMILES string of the molecule is CCCCC(CC)CC(=O)c1ccoc1. The summed E-state index contributed by atoms with van der Waals surface area (Å²) in [6.45, 7) is 4.34. The van der Waals surface area contributed by atoms with E-state index in [0.29, 0.717) is 17.9 Å². The fourth-order valence-corrected chi connectivity index (χ4v) is 1.75. The lowest BCUT2D eigenvalue weighted by molar-refractivity contribution is 0.0956. The summed E-state index contributed by atoms with van der Waals surface area (Å²) in [6.07, 6.45) is 8.43. The van der Waals surface area contributed by atoms with Gasteiger partial charge >= 0.3 is 0 Å². The van der Waals surface area contributed by atoms with Crippen LogP contribution in [0.15, 0.2) is 23.0 Å². The van der Waals surface area contributed by atoms with Crippen molar-refractivity contribution in [2.75, 3.05) is 0 Å². The molecular formula is C13H20O2. The highest BCUT2D eigenvalue weighted by Gasteiger charge is 2.13. The van der Waals surface area contributed by atoms with Crippen molar-refractivity contribution in [2.45, 2.75) is 46.0 Å². The summed E-state index contributed by atoms with van der Waals surface area (Å²) < 4.78 is 4.91. The highest BCUT2D eigenvalue weighted by Crippen LogP contribution is 2.19. The van der Waals surface area contributed by atoms with Crippen molar-refractivity contribution in [1.29, 1.82) is 0 Å². The van der Waals surface area contributed by atoms with Crippen molar-refractivity contribution in [1.82, 2.24) is 0 Å². The Kier molecular flexibility index (Phi) is 5.16. The molecule has 0 fully saturated rings. The number of rotatable bonds is 7. The van der Waals surface area contributed by atoms with Gasteiger partial charge in [-0.1, -0.05) is 39.5 Å². The first-order valence-corrected chi connectivity index (χ1v) is 5.83. The van der Waals surface area contributed by atoms with Crippen molar-refractivity contribution in [3.63, 3.8) is 0 Å². The first kappa shape index (κ1) is 12.0. The van der Waals surface area contributed by atoms with Gasteiger partial charge < -0.3 is 4.42 Å². The van der Waals surface area contributed by atoms with E-state index in [9.17, 15) is 4.79 Å². The van der Waals surface area contributed by atoms with Gasteiger partial charge in [0.2, 0.25) is 0 Å². The van der Waals surface area contributed by atoms with E-state index in [1.807, 2.05) is 0 Å². The average Bonchev–Trinajstić information content (AvgIpc) is 2.77. The molecule has 1 atom stereocenters. The summed E-state index contributed by atoms with van der Waals surface area (Å²) in [6, 6.07) is 1.74. The van der Waals surface area contributed by atoms with Crippen LogP contribution in [-0.2, 0) is 0 Å². The fraction of sp³-hybridized carbons (Fsp3) is 0.615. The van der Waals surface area contributed by atoms with Crippen molar-refractivity contribution < 1.29 is 9.21 Å². The van der Waals surface area contributed by atoms with Crippen molar-refractivity contribution >= 4 is 5.78 Å². The summed E-state index contributed by atoms with van der Waals surface area (Å²) in [5.41, 5.74) is 0.713. The molecule has 1 aromatic heterocycles. The first-order valence-electron chi connectivity index (χ1n) is 5.83. The van der Waals surface area contributed by atoms with Crippen LogP contribution in [0.4, 0.5) is 0 Å². The number of carbonyl (C=O) groups is 1. The van der Waals surface area contributed by atoms with E-state index >= 15 is 0 Å². The number of furan rings is 1. The number of unbranched alkanes of at least 4 members (excludes halogenated alkanes) is 1. The summed E-state index contributed by atoms with van der Waals surface area (Å²) >= 11 is 0. The Bertz CT molecular complexity index is 275. The maximum Gasteiger partial charge on any atom is 0.166 e. The topological polar surface area (TPSA) is 30.2 Å². The number of Topliss-reactive ketones (excluding diaryl/α,β-unsaturated/α-hetero) is 1. The van der Waals surface area contributed by atoms with Crippen LogP contribution in [-0.4, -0.2) is 5.78 Å². The number of carbonyl (C=O) groups excluding carboxylic acids is 1. The Hall–Kier alpha value is -1.05. The Labute approximate surface area is 91.7 Å². The summed E-state index contributed by atoms with van der Waals surface area (Å²) in [5.74, 6) is 0.749. The van der Waals surface area contributed by atoms with Crippen LogP contribution >= 0.6 is 0 Å². The molecule has 2 heteroatoms. The van der Waals surface area contributed by atoms with E-state index in [-0.39, 0.29) is 5.78 Å². The van der Waals surface area contributed by atoms with Crippen molar-refractivity contribution in [2.24, 2.45) is 5.92 Å². The zero-order valence-electron chi connectivity index (χ0n) is 9.66. The van der Waals surface area contributed by atoms with Crippen LogP contribution in [0.3, 0.4) is 0 Å². The Morgan fingerprint density at radius 1 is 1.47 bits per heavy atom. The number of hydrogen-bond acceptors (Lipinski definition) is 2. The van der Waals surface area contributed by atoms with Crippen LogP contribution in [0.25, 0.3) is 0 Å². The second-order valence-corrected chi connectivity index (χ2v) is 4.06. The Balaban J connectivity index is 2.41. The monoisotopic (exact) mass is 208 g/mol. The zero-order chi connectivity index (χ0) is 11.1. The minimum atomic E-state index is 0.215. The van der Waals surface area contributed by atoms with Gasteiger partial charge in [0.05, 0.1) is 11.8 Å². The lowest BCUT2D eigenvalue weighted by Crippen LogP contribution is -2.07. The molecule has 0 aromatic carbocycles. The fourth-order valence-electron chi connectivity index (χ4n) is 1.75. The number of ketones is 1. The van der Waals surface area contributed by atoms with Crippen LogP contribution in [0.1, 0.15) is 56.3 Å². The molecule has 0 N–H and O–H groups in total. The minimum absolute atomic E-state index is 0.215. The molecule has 0 spiro atoms. The molecule has 1 aromatic rings. The van der Waals surface area contributed by atoms with Gasteiger partial charge in [0.1, 0.15) is 6.26 Å². The third-order valence-electron chi connectivity index (χ3n) is 2.86. The van der Waals surface area contributed by atoms with E-state index in [2.05, 4.69) is 13.8 Å². The zero-order valence-corrected chi connectivity index (χ0v) is 9.66. The molecule has 2 nitrogen and oxygen atoms in total. The highest BCUT2D eigenvalue weighted by molar-refractivity contribution is 5.95. The molecule has 0 amide bonds. The van der Waals surface area contributed by atoms with E-state index in [4.69, 9.17) is 4.42 Å².